The Labute approximate surface area is 234 Å². The monoisotopic (exact) mass is 535 g/mol. The fourth-order valence-electron chi connectivity index (χ4n) is 4.91. The highest BCUT2D eigenvalue weighted by Gasteiger charge is 2.18. The summed E-state index contributed by atoms with van der Waals surface area (Å²) in [4.78, 5) is 27.1. The van der Waals surface area contributed by atoms with Crippen molar-refractivity contribution in [1.82, 2.24) is 10.3 Å². The van der Waals surface area contributed by atoms with E-state index < -0.39 is 0 Å². The molecule has 0 unspecified atom stereocenters. The smallest absolute Gasteiger partial charge is 0.253 e. The molecular weight excluding hydrogens is 502 g/mol. The second-order valence-corrected chi connectivity index (χ2v) is 9.86. The van der Waals surface area contributed by atoms with E-state index in [0.29, 0.717) is 23.7 Å². The SMILES string of the molecule is COc1cc(/C=N\NC(=O)Cc2cccc3ccccc23)ccc1OCc1ccc(C(=O)N2CCCCC2)cc1. The van der Waals surface area contributed by atoms with Gasteiger partial charge in [-0.2, -0.15) is 5.10 Å². The third-order valence-electron chi connectivity index (χ3n) is 7.06. The molecule has 0 saturated carbocycles. The predicted molar refractivity (Wildman–Crippen MR) is 157 cm³/mol. The van der Waals surface area contributed by atoms with E-state index in [-0.39, 0.29) is 18.2 Å². The zero-order valence-electron chi connectivity index (χ0n) is 22.6. The van der Waals surface area contributed by atoms with E-state index in [4.69, 9.17) is 9.47 Å². The largest absolute Gasteiger partial charge is 0.493 e. The van der Waals surface area contributed by atoms with Crippen LogP contribution in [0.4, 0.5) is 0 Å². The lowest BCUT2D eigenvalue weighted by atomic mass is 10.0. The van der Waals surface area contributed by atoms with Crippen LogP contribution < -0.4 is 14.9 Å². The van der Waals surface area contributed by atoms with E-state index in [9.17, 15) is 9.59 Å². The number of hydrogen-bond donors (Lipinski definition) is 1. The second-order valence-electron chi connectivity index (χ2n) is 9.86. The quantitative estimate of drug-likeness (QED) is 0.219. The van der Waals surface area contributed by atoms with Gasteiger partial charge < -0.3 is 14.4 Å². The number of ether oxygens (including phenoxy) is 2. The van der Waals surface area contributed by atoms with E-state index in [1.165, 1.54) is 6.42 Å². The zero-order chi connectivity index (χ0) is 27.7. The van der Waals surface area contributed by atoms with E-state index in [1.807, 2.05) is 83.8 Å². The number of rotatable bonds is 9. The summed E-state index contributed by atoms with van der Waals surface area (Å²) in [7, 11) is 1.58. The van der Waals surface area contributed by atoms with Crippen LogP contribution in [0.25, 0.3) is 10.8 Å². The molecule has 1 fully saturated rings. The standard InChI is InChI=1S/C33H33N3O4/c1-39-31-20-25(22-34-35-32(37)21-28-10-7-9-26-8-3-4-11-29(26)28)14-17-30(31)40-23-24-12-15-27(16-13-24)33(38)36-18-5-2-6-19-36/h3-4,7-17,20,22H,2,5-6,18-19,21,23H2,1H3,(H,35,37)/b34-22-. The Hall–Kier alpha value is -4.65. The second kappa shape index (κ2) is 12.9. The maximum atomic E-state index is 12.7. The number of nitrogens with zero attached hydrogens (tertiary/aromatic N) is 2. The molecule has 7 nitrogen and oxygen atoms in total. The number of hydrogen-bond acceptors (Lipinski definition) is 5. The summed E-state index contributed by atoms with van der Waals surface area (Å²) in [6, 6.07) is 27.0. The number of amides is 2. The lowest BCUT2D eigenvalue weighted by molar-refractivity contribution is -0.120. The number of fused-ring (bicyclic) bond motifs is 1. The number of carbonyl (C=O) groups excluding carboxylic acids is 2. The highest BCUT2D eigenvalue weighted by atomic mass is 16.5. The van der Waals surface area contributed by atoms with Gasteiger partial charge in [0.05, 0.1) is 19.7 Å². The van der Waals surface area contributed by atoms with Crippen LogP contribution >= 0.6 is 0 Å². The van der Waals surface area contributed by atoms with Crippen molar-refractivity contribution in [2.45, 2.75) is 32.3 Å². The maximum Gasteiger partial charge on any atom is 0.253 e. The van der Waals surface area contributed by atoms with Crippen molar-refractivity contribution >= 4 is 28.8 Å². The number of nitrogens with one attached hydrogen (secondary N) is 1. The van der Waals surface area contributed by atoms with Gasteiger partial charge in [0.2, 0.25) is 5.91 Å². The minimum atomic E-state index is -0.192. The summed E-state index contributed by atoms with van der Waals surface area (Å²) >= 11 is 0. The Balaban J connectivity index is 1.15. The first kappa shape index (κ1) is 26.9. The first-order chi connectivity index (χ1) is 19.6. The molecule has 0 atom stereocenters. The number of likely N-dealkylation sites (tertiary alicyclic amines) is 1. The highest BCUT2D eigenvalue weighted by Crippen LogP contribution is 2.28. The van der Waals surface area contributed by atoms with Crippen LogP contribution in [-0.4, -0.2) is 43.1 Å². The summed E-state index contributed by atoms with van der Waals surface area (Å²) in [5.74, 6) is 1.05. The molecule has 5 rings (SSSR count). The molecule has 1 N–H and O–H groups in total. The topological polar surface area (TPSA) is 80.2 Å². The molecule has 40 heavy (non-hydrogen) atoms. The Morgan fingerprint density at radius 3 is 2.48 bits per heavy atom. The summed E-state index contributed by atoms with van der Waals surface area (Å²) in [5, 5.41) is 6.28. The lowest BCUT2D eigenvalue weighted by Gasteiger charge is -2.26. The molecule has 0 bridgehead atoms. The molecule has 1 aliphatic heterocycles. The average molecular weight is 536 g/mol. The van der Waals surface area contributed by atoms with E-state index >= 15 is 0 Å². The van der Waals surface area contributed by atoms with Gasteiger partial charge in [0.15, 0.2) is 11.5 Å². The van der Waals surface area contributed by atoms with Gasteiger partial charge in [0.25, 0.3) is 5.91 Å². The van der Waals surface area contributed by atoms with Crippen molar-refractivity contribution < 1.29 is 19.1 Å². The van der Waals surface area contributed by atoms with Gasteiger partial charge in [0.1, 0.15) is 6.61 Å². The predicted octanol–water partition coefficient (Wildman–Crippen LogP) is 5.75. The van der Waals surface area contributed by atoms with E-state index in [1.54, 1.807) is 19.4 Å². The van der Waals surface area contributed by atoms with Gasteiger partial charge in [-0.05, 0) is 77.1 Å². The summed E-state index contributed by atoms with van der Waals surface area (Å²) in [6.07, 6.45) is 5.16. The number of hydrazone groups is 1. The van der Waals surface area contributed by atoms with E-state index in [2.05, 4.69) is 10.5 Å². The van der Waals surface area contributed by atoms with Crippen LogP contribution in [0, 0.1) is 0 Å². The number of carbonyl (C=O) groups is 2. The fourth-order valence-corrected chi connectivity index (χ4v) is 4.91. The van der Waals surface area contributed by atoms with Crippen LogP contribution in [0.3, 0.4) is 0 Å². The molecule has 1 aliphatic rings. The van der Waals surface area contributed by atoms with Crippen molar-refractivity contribution in [2.24, 2.45) is 5.10 Å². The van der Waals surface area contributed by atoms with Crippen molar-refractivity contribution in [3.63, 3.8) is 0 Å². The fraction of sp³-hybridized carbons (Fsp3) is 0.242. The summed E-state index contributed by atoms with van der Waals surface area (Å²) in [6.45, 7) is 2.01. The van der Waals surface area contributed by atoms with Crippen LogP contribution in [0.15, 0.2) is 90.0 Å². The molecule has 7 heteroatoms. The molecule has 1 heterocycles. The molecule has 0 spiro atoms. The molecule has 4 aromatic rings. The number of benzene rings is 4. The van der Waals surface area contributed by atoms with Crippen molar-refractivity contribution in [2.75, 3.05) is 20.2 Å². The van der Waals surface area contributed by atoms with Gasteiger partial charge in [-0.25, -0.2) is 5.43 Å². The Morgan fingerprint density at radius 2 is 1.68 bits per heavy atom. The van der Waals surface area contributed by atoms with Gasteiger partial charge >= 0.3 is 0 Å². The normalized spacial score (nSPS) is 13.4. The maximum absolute atomic E-state index is 12.7. The van der Waals surface area contributed by atoms with Gasteiger partial charge in [0, 0.05) is 18.7 Å². The molecule has 0 radical (unpaired) electrons. The van der Waals surface area contributed by atoms with Gasteiger partial charge in [-0.1, -0.05) is 54.6 Å². The molecule has 4 aromatic carbocycles. The molecule has 0 aliphatic carbocycles. The summed E-state index contributed by atoms with van der Waals surface area (Å²) < 4.78 is 11.5. The third-order valence-corrected chi connectivity index (χ3v) is 7.06. The van der Waals surface area contributed by atoms with Crippen LogP contribution in [-0.2, 0) is 17.8 Å². The van der Waals surface area contributed by atoms with Crippen molar-refractivity contribution in [1.29, 1.82) is 0 Å². The van der Waals surface area contributed by atoms with Crippen LogP contribution in [0.5, 0.6) is 11.5 Å². The van der Waals surface area contributed by atoms with Crippen LogP contribution in [0.1, 0.15) is 46.3 Å². The molecular formula is C33H33N3O4. The van der Waals surface area contributed by atoms with Crippen molar-refractivity contribution in [3.05, 3.63) is 107 Å². The Bertz CT molecular complexity index is 1500. The molecule has 2 amide bonds. The van der Waals surface area contributed by atoms with E-state index in [0.717, 1.165) is 53.4 Å². The zero-order valence-corrected chi connectivity index (χ0v) is 22.6. The minimum absolute atomic E-state index is 0.0934. The number of piperidine rings is 1. The minimum Gasteiger partial charge on any atom is -0.493 e. The Morgan fingerprint density at radius 1 is 0.900 bits per heavy atom. The Kier molecular flexibility index (Phi) is 8.71. The lowest BCUT2D eigenvalue weighted by Crippen LogP contribution is -2.35. The first-order valence-corrected chi connectivity index (χ1v) is 13.6. The van der Waals surface area contributed by atoms with Crippen molar-refractivity contribution in [3.8, 4) is 11.5 Å². The average Bonchev–Trinajstić information content (AvgIpc) is 3.01. The highest BCUT2D eigenvalue weighted by molar-refractivity contribution is 5.94. The van der Waals surface area contributed by atoms with Gasteiger partial charge in [-0.15, -0.1) is 0 Å². The molecule has 0 aromatic heterocycles. The number of methoxy groups -OCH3 is 1. The molecule has 1 saturated heterocycles. The van der Waals surface area contributed by atoms with Crippen LogP contribution in [0.2, 0.25) is 0 Å². The third kappa shape index (κ3) is 6.67. The molecule has 204 valence electrons. The first-order valence-electron chi connectivity index (χ1n) is 13.6. The summed E-state index contributed by atoms with van der Waals surface area (Å²) in [5.41, 5.74) is 5.98. The van der Waals surface area contributed by atoms with Gasteiger partial charge in [-0.3, -0.25) is 9.59 Å².